The van der Waals surface area contributed by atoms with Crippen molar-refractivity contribution >= 4 is 28.7 Å². The van der Waals surface area contributed by atoms with Crippen LogP contribution in [0.3, 0.4) is 0 Å². The zero-order valence-electron chi connectivity index (χ0n) is 16.6. The van der Waals surface area contributed by atoms with Crippen LogP contribution in [0.15, 0.2) is 84.9 Å². The van der Waals surface area contributed by atoms with Crippen LogP contribution in [-0.4, -0.2) is 20.8 Å². The lowest BCUT2D eigenvalue weighted by Crippen LogP contribution is -2.29. The Morgan fingerprint density at radius 3 is 2.61 bits per heavy atom. The molecule has 3 aromatic carbocycles. The maximum atomic E-state index is 12.7. The van der Waals surface area contributed by atoms with E-state index in [2.05, 4.69) is 15.3 Å². The summed E-state index contributed by atoms with van der Waals surface area (Å²) in [6.45, 7) is 0. The fourth-order valence-electron chi connectivity index (χ4n) is 3.34. The highest BCUT2D eigenvalue weighted by Crippen LogP contribution is 2.20. The zero-order chi connectivity index (χ0) is 21.6. The molecule has 0 bridgehead atoms. The van der Waals surface area contributed by atoms with Gasteiger partial charge in [-0.25, -0.2) is 4.98 Å². The molecule has 2 N–H and O–H groups in total. The molecular formula is C24H20N4O3. The number of carbonyl (C=O) groups excluding carboxylic acids is 1. The molecule has 154 valence electrons. The van der Waals surface area contributed by atoms with Gasteiger partial charge < -0.3 is 10.3 Å². The highest BCUT2D eigenvalue weighted by Gasteiger charge is 2.18. The molecule has 4 aromatic rings. The predicted octanol–water partition coefficient (Wildman–Crippen LogP) is 4.58. The van der Waals surface area contributed by atoms with Crippen LogP contribution in [-0.2, 0) is 11.2 Å². The highest BCUT2D eigenvalue weighted by atomic mass is 16.6. The lowest BCUT2D eigenvalue weighted by atomic mass is 10.1. The van der Waals surface area contributed by atoms with Crippen molar-refractivity contribution in [3.8, 4) is 0 Å². The van der Waals surface area contributed by atoms with Crippen molar-refractivity contribution < 1.29 is 9.72 Å². The van der Waals surface area contributed by atoms with Crippen LogP contribution >= 0.6 is 0 Å². The van der Waals surface area contributed by atoms with E-state index in [9.17, 15) is 14.9 Å². The van der Waals surface area contributed by atoms with Crippen LogP contribution in [0.2, 0.25) is 0 Å². The number of nitrogens with zero attached hydrogens (tertiary/aromatic N) is 2. The molecule has 0 saturated heterocycles. The van der Waals surface area contributed by atoms with Crippen LogP contribution in [0, 0.1) is 10.1 Å². The van der Waals surface area contributed by atoms with E-state index in [4.69, 9.17) is 0 Å². The number of para-hydroxylation sites is 2. The quantitative estimate of drug-likeness (QED) is 0.263. The Kier molecular flexibility index (Phi) is 5.84. The molecule has 4 rings (SSSR count). The number of aromatic nitrogens is 2. The van der Waals surface area contributed by atoms with E-state index in [0.29, 0.717) is 17.8 Å². The summed E-state index contributed by atoms with van der Waals surface area (Å²) in [5.74, 6) is 0.357. The Balaban J connectivity index is 1.55. The van der Waals surface area contributed by atoms with Gasteiger partial charge in [0.05, 0.1) is 22.0 Å². The molecule has 1 atom stereocenters. The number of benzene rings is 3. The number of H-pyrrole nitrogens is 1. The number of hydrogen-bond donors (Lipinski definition) is 2. The predicted molar refractivity (Wildman–Crippen MR) is 119 cm³/mol. The van der Waals surface area contributed by atoms with Gasteiger partial charge in [-0.15, -0.1) is 0 Å². The second-order valence-corrected chi connectivity index (χ2v) is 7.08. The molecule has 0 aliphatic rings. The maximum absolute atomic E-state index is 12.7. The first kappa shape index (κ1) is 20.0. The van der Waals surface area contributed by atoms with E-state index in [1.165, 1.54) is 18.2 Å². The zero-order valence-corrected chi connectivity index (χ0v) is 16.6. The number of amides is 1. The molecule has 1 amide bonds. The van der Waals surface area contributed by atoms with Crippen molar-refractivity contribution in [3.05, 3.63) is 112 Å². The van der Waals surface area contributed by atoms with E-state index in [-0.39, 0.29) is 17.6 Å². The Bertz CT molecular complexity index is 1210. The minimum atomic E-state index is -0.463. The van der Waals surface area contributed by atoms with Crippen molar-refractivity contribution in [1.29, 1.82) is 0 Å². The summed E-state index contributed by atoms with van der Waals surface area (Å²) in [6, 6.07) is 23.3. The van der Waals surface area contributed by atoms with Crippen LogP contribution in [0.5, 0.6) is 0 Å². The van der Waals surface area contributed by atoms with Gasteiger partial charge in [-0.3, -0.25) is 14.9 Å². The Morgan fingerprint density at radius 2 is 1.84 bits per heavy atom. The number of carbonyl (C=O) groups is 1. The molecular weight excluding hydrogens is 392 g/mol. The SMILES string of the molecule is O=C(C=Cc1cccc([N+](=O)[O-])c1)N[C@@H](Cc1ccccc1)c1nc2ccccc2[nH]1. The monoisotopic (exact) mass is 412 g/mol. The molecule has 0 aliphatic carbocycles. The number of imidazole rings is 1. The van der Waals surface area contributed by atoms with Gasteiger partial charge in [-0.2, -0.15) is 0 Å². The van der Waals surface area contributed by atoms with Crippen LogP contribution in [0.4, 0.5) is 5.69 Å². The van der Waals surface area contributed by atoms with Crippen LogP contribution < -0.4 is 5.32 Å². The molecule has 1 aromatic heterocycles. The summed E-state index contributed by atoms with van der Waals surface area (Å²) in [5, 5.41) is 13.9. The minimum Gasteiger partial charge on any atom is -0.342 e. The van der Waals surface area contributed by atoms with Gasteiger partial charge in [-0.05, 0) is 35.8 Å². The standard InChI is InChI=1S/C24H20N4O3/c29-23(14-13-18-9-6-10-19(15-18)28(30)31)25-22(16-17-7-2-1-3-8-17)24-26-20-11-4-5-12-21(20)27-24/h1-15,22H,16H2,(H,25,29)(H,26,27)/t22-/m0/s1. The maximum Gasteiger partial charge on any atom is 0.270 e. The van der Waals surface area contributed by atoms with Gasteiger partial charge in [-0.1, -0.05) is 54.6 Å². The van der Waals surface area contributed by atoms with E-state index in [0.717, 1.165) is 16.6 Å². The first-order chi connectivity index (χ1) is 15.1. The number of rotatable bonds is 7. The van der Waals surface area contributed by atoms with E-state index < -0.39 is 4.92 Å². The molecule has 0 saturated carbocycles. The van der Waals surface area contributed by atoms with Gasteiger partial charge in [0.2, 0.25) is 5.91 Å². The summed E-state index contributed by atoms with van der Waals surface area (Å²) in [5.41, 5.74) is 3.35. The number of hydrogen-bond acceptors (Lipinski definition) is 4. The fraction of sp³-hybridized carbons (Fsp3) is 0.0833. The number of nitrogens with one attached hydrogen (secondary N) is 2. The lowest BCUT2D eigenvalue weighted by Gasteiger charge is -2.16. The molecule has 0 unspecified atom stereocenters. The van der Waals surface area contributed by atoms with E-state index >= 15 is 0 Å². The van der Waals surface area contributed by atoms with E-state index in [1.54, 1.807) is 18.2 Å². The van der Waals surface area contributed by atoms with Gasteiger partial charge in [0.25, 0.3) is 5.69 Å². The van der Waals surface area contributed by atoms with Crippen molar-refractivity contribution in [1.82, 2.24) is 15.3 Å². The number of nitro benzene ring substituents is 1. The highest BCUT2D eigenvalue weighted by molar-refractivity contribution is 5.92. The molecule has 7 heteroatoms. The third kappa shape index (κ3) is 5.02. The second-order valence-electron chi connectivity index (χ2n) is 7.08. The first-order valence-electron chi connectivity index (χ1n) is 9.80. The first-order valence-corrected chi connectivity index (χ1v) is 9.80. The Hall–Kier alpha value is -4.26. The van der Waals surface area contributed by atoms with Gasteiger partial charge >= 0.3 is 0 Å². The number of aromatic amines is 1. The minimum absolute atomic E-state index is 0.0215. The summed E-state index contributed by atoms with van der Waals surface area (Å²) in [7, 11) is 0. The number of nitro groups is 1. The van der Waals surface area contributed by atoms with Crippen molar-refractivity contribution in [2.45, 2.75) is 12.5 Å². The smallest absolute Gasteiger partial charge is 0.270 e. The van der Waals surface area contributed by atoms with Crippen molar-refractivity contribution in [2.75, 3.05) is 0 Å². The molecule has 0 aliphatic heterocycles. The normalized spacial score (nSPS) is 12.1. The number of non-ortho nitro benzene ring substituents is 1. The third-order valence-corrected chi connectivity index (χ3v) is 4.85. The molecule has 0 fully saturated rings. The van der Waals surface area contributed by atoms with Gasteiger partial charge in [0.15, 0.2) is 0 Å². The summed E-state index contributed by atoms with van der Waals surface area (Å²) >= 11 is 0. The summed E-state index contributed by atoms with van der Waals surface area (Å²) < 4.78 is 0. The molecule has 0 radical (unpaired) electrons. The van der Waals surface area contributed by atoms with Crippen LogP contribution in [0.25, 0.3) is 17.1 Å². The second kappa shape index (κ2) is 9.04. The van der Waals surface area contributed by atoms with Crippen LogP contribution in [0.1, 0.15) is 23.0 Å². The number of fused-ring (bicyclic) bond motifs is 1. The topological polar surface area (TPSA) is 101 Å². The van der Waals surface area contributed by atoms with Gasteiger partial charge in [0.1, 0.15) is 5.82 Å². The average molecular weight is 412 g/mol. The molecule has 31 heavy (non-hydrogen) atoms. The third-order valence-electron chi connectivity index (χ3n) is 4.85. The van der Waals surface area contributed by atoms with E-state index in [1.807, 2.05) is 54.6 Å². The Morgan fingerprint density at radius 1 is 1.06 bits per heavy atom. The van der Waals surface area contributed by atoms with Gasteiger partial charge in [0, 0.05) is 18.2 Å². The molecule has 1 heterocycles. The average Bonchev–Trinajstić information content (AvgIpc) is 3.22. The summed E-state index contributed by atoms with van der Waals surface area (Å²) in [6.07, 6.45) is 3.50. The molecule has 7 nitrogen and oxygen atoms in total. The van der Waals surface area contributed by atoms with Crippen molar-refractivity contribution in [2.24, 2.45) is 0 Å². The van der Waals surface area contributed by atoms with Crippen molar-refractivity contribution in [3.63, 3.8) is 0 Å². The summed E-state index contributed by atoms with van der Waals surface area (Å²) in [4.78, 5) is 31.1. The lowest BCUT2D eigenvalue weighted by molar-refractivity contribution is -0.384. The Labute approximate surface area is 178 Å². The molecule has 0 spiro atoms. The largest absolute Gasteiger partial charge is 0.342 e. The fourth-order valence-corrected chi connectivity index (χ4v) is 3.34.